The number of aromatic nitrogens is 2. The summed E-state index contributed by atoms with van der Waals surface area (Å²) < 4.78 is 6.06. The van der Waals surface area contributed by atoms with Crippen molar-refractivity contribution in [2.75, 3.05) is 0 Å². The number of hydrogen-bond acceptors (Lipinski definition) is 4. The van der Waals surface area contributed by atoms with Gasteiger partial charge in [-0.1, -0.05) is 24.3 Å². The summed E-state index contributed by atoms with van der Waals surface area (Å²) in [6.07, 6.45) is 5.57. The standard InChI is InChI=1S/C30H34N4O2/c1-29(2)16-25(17-30(3,4)34-29)33-28(35)21-10-8-20(9-11-21)19-36-26-7-5-6-22(15-26)24-14-23-12-13-31-27(23)32-18-24/h5-15,18,25,34H,16-17,19H2,1-4H3,(H,31,32)(H,33,35). The number of nitrogens with zero attached hydrogens (tertiary/aromatic N) is 1. The first-order valence-corrected chi connectivity index (χ1v) is 12.5. The lowest BCUT2D eigenvalue weighted by atomic mass is 9.79. The van der Waals surface area contributed by atoms with E-state index in [9.17, 15) is 4.79 Å². The largest absolute Gasteiger partial charge is 0.489 e. The number of carbonyl (C=O) groups excluding carboxylic acids is 1. The van der Waals surface area contributed by atoms with Gasteiger partial charge in [-0.05, 0) is 88.1 Å². The molecule has 6 nitrogen and oxygen atoms in total. The third-order valence-corrected chi connectivity index (χ3v) is 6.71. The van der Waals surface area contributed by atoms with Crippen LogP contribution in [-0.2, 0) is 6.61 Å². The molecule has 0 aliphatic carbocycles. The van der Waals surface area contributed by atoms with Crippen molar-refractivity contribution in [3.8, 4) is 16.9 Å². The van der Waals surface area contributed by atoms with Crippen LogP contribution in [-0.4, -0.2) is 33.0 Å². The van der Waals surface area contributed by atoms with Gasteiger partial charge >= 0.3 is 0 Å². The average molecular weight is 483 g/mol. The van der Waals surface area contributed by atoms with Crippen LogP contribution < -0.4 is 15.4 Å². The number of carbonyl (C=O) groups is 1. The summed E-state index contributed by atoms with van der Waals surface area (Å²) in [5, 5.41) is 7.98. The molecule has 0 saturated carbocycles. The minimum absolute atomic E-state index is 0.0104. The maximum absolute atomic E-state index is 12.9. The number of hydrogen-bond donors (Lipinski definition) is 3. The number of benzene rings is 2. The van der Waals surface area contributed by atoms with E-state index in [0.717, 1.165) is 46.3 Å². The van der Waals surface area contributed by atoms with Crippen molar-refractivity contribution in [2.45, 2.75) is 64.3 Å². The second-order valence-corrected chi connectivity index (χ2v) is 11.1. The molecule has 3 heterocycles. The lowest BCUT2D eigenvalue weighted by molar-refractivity contribution is 0.0873. The first-order valence-electron chi connectivity index (χ1n) is 12.5. The Kier molecular flexibility index (Phi) is 6.31. The fourth-order valence-electron chi connectivity index (χ4n) is 5.48. The van der Waals surface area contributed by atoms with Gasteiger partial charge in [-0.15, -0.1) is 0 Å². The number of pyridine rings is 1. The van der Waals surface area contributed by atoms with Crippen LogP contribution in [0.2, 0.25) is 0 Å². The maximum atomic E-state index is 12.9. The van der Waals surface area contributed by atoms with Crippen LogP contribution in [0.4, 0.5) is 0 Å². The van der Waals surface area contributed by atoms with Gasteiger partial charge < -0.3 is 20.4 Å². The Morgan fingerprint density at radius 1 is 1.00 bits per heavy atom. The fourth-order valence-corrected chi connectivity index (χ4v) is 5.48. The highest BCUT2D eigenvalue weighted by Gasteiger charge is 2.38. The topological polar surface area (TPSA) is 79.0 Å². The predicted molar refractivity (Wildman–Crippen MR) is 144 cm³/mol. The highest BCUT2D eigenvalue weighted by Crippen LogP contribution is 2.29. The van der Waals surface area contributed by atoms with E-state index in [-0.39, 0.29) is 23.0 Å². The van der Waals surface area contributed by atoms with Crippen molar-refractivity contribution in [3.05, 3.63) is 84.2 Å². The summed E-state index contributed by atoms with van der Waals surface area (Å²) in [5.74, 6) is 0.765. The third kappa shape index (κ3) is 5.60. The van der Waals surface area contributed by atoms with E-state index in [1.807, 2.05) is 60.9 Å². The monoisotopic (exact) mass is 482 g/mol. The molecule has 1 saturated heterocycles. The van der Waals surface area contributed by atoms with Crippen LogP contribution in [0, 0.1) is 0 Å². The number of rotatable bonds is 6. The molecular weight excluding hydrogens is 448 g/mol. The number of piperidine rings is 1. The molecule has 2 aromatic heterocycles. The molecule has 1 fully saturated rings. The summed E-state index contributed by atoms with van der Waals surface area (Å²) in [4.78, 5) is 20.5. The van der Waals surface area contributed by atoms with E-state index in [4.69, 9.17) is 4.74 Å². The molecule has 0 radical (unpaired) electrons. The number of nitrogens with one attached hydrogen (secondary N) is 3. The minimum Gasteiger partial charge on any atom is -0.489 e. The molecule has 0 unspecified atom stereocenters. The van der Waals surface area contributed by atoms with Crippen LogP contribution in [0.3, 0.4) is 0 Å². The predicted octanol–water partition coefficient (Wildman–Crippen LogP) is 5.85. The SMILES string of the molecule is CC1(C)CC(NC(=O)c2ccc(COc3cccc(-c4cnc5[nH]ccc5c4)c3)cc2)CC(C)(C)N1. The summed E-state index contributed by atoms with van der Waals surface area (Å²) in [5.41, 5.74) is 4.64. The minimum atomic E-state index is -0.0262. The molecule has 0 bridgehead atoms. The quantitative estimate of drug-likeness (QED) is 0.322. The Bertz CT molecular complexity index is 1360. The number of aromatic amines is 1. The van der Waals surface area contributed by atoms with Crippen molar-refractivity contribution in [2.24, 2.45) is 0 Å². The second kappa shape index (κ2) is 9.43. The van der Waals surface area contributed by atoms with Crippen LogP contribution in [0.25, 0.3) is 22.2 Å². The smallest absolute Gasteiger partial charge is 0.251 e. The Balaban J connectivity index is 1.20. The summed E-state index contributed by atoms with van der Waals surface area (Å²) in [6, 6.07) is 20.0. The van der Waals surface area contributed by atoms with Crippen LogP contribution >= 0.6 is 0 Å². The van der Waals surface area contributed by atoms with E-state index in [1.54, 1.807) is 0 Å². The fraction of sp³-hybridized carbons (Fsp3) is 0.333. The Hall–Kier alpha value is -3.64. The van der Waals surface area contributed by atoms with Crippen LogP contribution in [0.1, 0.15) is 56.5 Å². The number of amides is 1. The van der Waals surface area contributed by atoms with Gasteiger partial charge in [0.25, 0.3) is 5.91 Å². The average Bonchev–Trinajstić information content (AvgIpc) is 3.29. The van der Waals surface area contributed by atoms with Crippen molar-refractivity contribution in [3.63, 3.8) is 0 Å². The van der Waals surface area contributed by atoms with Gasteiger partial charge in [-0.3, -0.25) is 4.79 Å². The van der Waals surface area contributed by atoms with Gasteiger partial charge in [-0.25, -0.2) is 4.98 Å². The maximum Gasteiger partial charge on any atom is 0.251 e. The molecule has 0 spiro atoms. The summed E-state index contributed by atoms with van der Waals surface area (Å²) in [7, 11) is 0. The number of ether oxygens (including phenoxy) is 1. The van der Waals surface area contributed by atoms with Gasteiger partial charge in [0.1, 0.15) is 18.0 Å². The van der Waals surface area contributed by atoms with Gasteiger partial charge in [0, 0.05) is 46.0 Å². The molecule has 0 atom stereocenters. The highest BCUT2D eigenvalue weighted by atomic mass is 16.5. The van der Waals surface area contributed by atoms with Gasteiger partial charge in [0.2, 0.25) is 0 Å². The van der Waals surface area contributed by atoms with Crippen molar-refractivity contribution in [1.82, 2.24) is 20.6 Å². The van der Waals surface area contributed by atoms with Crippen LogP contribution in [0.5, 0.6) is 5.75 Å². The highest BCUT2D eigenvalue weighted by molar-refractivity contribution is 5.94. The molecule has 36 heavy (non-hydrogen) atoms. The third-order valence-electron chi connectivity index (χ3n) is 6.71. The van der Waals surface area contributed by atoms with Crippen molar-refractivity contribution >= 4 is 16.9 Å². The first kappa shape index (κ1) is 24.1. The van der Waals surface area contributed by atoms with E-state index in [0.29, 0.717) is 12.2 Å². The zero-order valence-electron chi connectivity index (χ0n) is 21.4. The van der Waals surface area contributed by atoms with Crippen LogP contribution in [0.15, 0.2) is 73.1 Å². The van der Waals surface area contributed by atoms with Crippen molar-refractivity contribution < 1.29 is 9.53 Å². The molecule has 5 rings (SSSR count). The Morgan fingerprint density at radius 3 is 2.50 bits per heavy atom. The zero-order chi connectivity index (χ0) is 25.3. The molecule has 6 heteroatoms. The molecule has 1 aliphatic heterocycles. The molecule has 2 aromatic carbocycles. The van der Waals surface area contributed by atoms with Crippen molar-refractivity contribution in [1.29, 1.82) is 0 Å². The molecule has 4 aromatic rings. The van der Waals surface area contributed by atoms with Gasteiger partial charge in [0.15, 0.2) is 0 Å². The molecular formula is C30H34N4O2. The van der Waals surface area contributed by atoms with Gasteiger partial charge in [-0.2, -0.15) is 0 Å². The Labute approximate surface area is 212 Å². The number of H-pyrrole nitrogens is 1. The van der Waals surface area contributed by atoms with E-state index in [1.165, 1.54) is 0 Å². The second-order valence-electron chi connectivity index (χ2n) is 11.1. The number of fused-ring (bicyclic) bond motifs is 1. The lowest BCUT2D eigenvalue weighted by Gasteiger charge is -2.46. The van der Waals surface area contributed by atoms with E-state index >= 15 is 0 Å². The normalized spacial score (nSPS) is 17.1. The lowest BCUT2D eigenvalue weighted by Crippen LogP contribution is -2.62. The first-order chi connectivity index (χ1) is 17.2. The molecule has 1 aliphatic rings. The zero-order valence-corrected chi connectivity index (χ0v) is 21.4. The molecule has 186 valence electrons. The molecule has 1 amide bonds. The summed E-state index contributed by atoms with van der Waals surface area (Å²) in [6.45, 7) is 9.19. The molecule has 3 N–H and O–H groups in total. The van der Waals surface area contributed by atoms with E-state index in [2.05, 4.69) is 60.4 Å². The Morgan fingerprint density at radius 2 is 1.75 bits per heavy atom. The van der Waals surface area contributed by atoms with E-state index < -0.39 is 0 Å². The summed E-state index contributed by atoms with van der Waals surface area (Å²) >= 11 is 0. The van der Waals surface area contributed by atoms with Gasteiger partial charge in [0.05, 0.1) is 0 Å².